The van der Waals surface area contributed by atoms with Gasteiger partial charge in [-0.25, -0.2) is 12.7 Å². The van der Waals surface area contributed by atoms with Crippen molar-refractivity contribution < 1.29 is 17.6 Å². The van der Waals surface area contributed by atoms with Crippen LogP contribution in [0.15, 0.2) is 15.4 Å². The molecule has 2 unspecified atom stereocenters. The predicted octanol–water partition coefficient (Wildman–Crippen LogP) is 0.805. The lowest BCUT2D eigenvalue weighted by Crippen LogP contribution is -2.38. The summed E-state index contributed by atoms with van der Waals surface area (Å²) in [5, 5.41) is 3.52. The van der Waals surface area contributed by atoms with Crippen LogP contribution in [0, 0.1) is 6.92 Å². The minimum absolute atomic E-state index is 0.0558. The first-order valence-corrected chi connectivity index (χ1v) is 9.31. The number of amides is 1. The van der Waals surface area contributed by atoms with Crippen LogP contribution in [0.4, 0.5) is 0 Å². The van der Waals surface area contributed by atoms with E-state index in [4.69, 9.17) is 4.42 Å². The molecule has 2 fully saturated rings. The molecule has 2 aliphatic heterocycles. The smallest absolute Gasteiger partial charge is 0.289 e. The number of carbonyl (C=O) groups excluding carboxylic acids is 1. The van der Waals surface area contributed by atoms with Crippen molar-refractivity contribution in [1.82, 2.24) is 14.5 Å². The predicted molar refractivity (Wildman–Crippen MR) is 84.8 cm³/mol. The average molecular weight is 341 g/mol. The summed E-state index contributed by atoms with van der Waals surface area (Å²) in [6.07, 6.45) is 3.16. The molecule has 2 bridgehead atoms. The van der Waals surface area contributed by atoms with Crippen LogP contribution in [0.5, 0.6) is 0 Å². The van der Waals surface area contributed by atoms with E-state index in [1.807, 2.05) is 0 Å². The molecule has 1 aromatic heterocycles. The monoisotopic (exact) mass is 341 g/mol. The molecule has 0 saturated carbocycles. The van der Waals surface area contributed by atoms with Crippen LogP contribution in [-0.4, -0.2) is 62.8 Å². The number of sulfonamides is 1. The highest BCUT2D eigenvalue weighted by Crippen LogP contribution is 2.25. The lowest BCUT2D eigenvalue weighted by atomic mass is 10.1. The number of nitrogens with zero attached hydrogens (tertiary/aromatic N) is 2. The fourth-order valence-corrected chi connectivity index (χ4v) is 4.36. The molecule has 0 radical (unpaired) electrons. The van der Waals surface area contributed by atoms with E-state index in [0.29, 0.717) is 25.2 Å². The van der Waals surface area contributed by atoms with E-state index in [9.17, 15) is 13.2 Å². The summed E-state index contributed by atoms with van der Waals surface area (Å²) < 4.78 is 31.1. The van der Waals surface area contributed by atoms with Gasteiger partial charge in [0.15, 0.2) is 5.76 Å². The van der Waals surface area contributed by atoms with E-state index >= 15 is 0 Å². The third-order valence-corrected chi connectivity index (χ3v) is 6.57. The van der Waals surface area contributed by atoms with Crippen LogP contribution >= 0.6 is 0 Å². The molecule has 7 nitrogen and oxygen atoms in total. The second-order valence-corrected chi connectivity index (χ2v) is 8.62. The van der Waals surface area contributed by atoms with Crippen molar-refractivity contribution >= 4 is 15.9 Å². The molecule has 128 valence electrons. The zero-order valence-electron chi connectivity index (χ0n) is 13.7. The molecular formula is C15H23N3O4S. The van der Waals surface area contributed by atoms with Gasteiger partial charge in [0.1, 0.15) is 10.7 Å². The Balaban J connectivity index is 1.83. The van der Waals surface area contributed by atoms with Gasteiger partial charge >= 0.3 is 0 Å². The molecule has 1 aromatic rings. The van der Waals surface area contributed by atoms with Gasteiger partial charge in [-0.3, -0.25) is 4.79 Å². The first-order valence-electron chi connectivity index (χ1n) is 7.87. The molecule has 8 heteroatoms. The van der Waals surface area contributed by atoms with Crippen molar-refractivity contribution in [3.8, 4) is 0 Å². The van der Waals surface area contributed by atoms with Crippen molar-refractivity contribution in [2.45, 2.75) is 43.2 Å². The van der Waals surface area contributed by atoms with Gasteiger partial charge in [0, 0.05) is 45.3 Å². The molecular weight excluding hydrogens is 318 g/mol. The Bertz CT molecular complexity index is 710. The van der Waals surface area contributed by atoms with Gasteiger partial charge in [-0.2, -0.15) is 0 Å². The zero-order valence-corrected chi connectivity index (χ0v) is 14.5. The number of hydrogen-bond acceptors (Lipinski definition) is 5. The minimum Gasteiger partial charge on any atom is -0.455 e. The maximum absolute atomic E-state index is 12.7. The fraction of sp³-hybridized carbons (Fsp3) is 0.667. The summed E-state index contributed by atoms with van der Waals surface area (Å²) in [7, 11) is -0.692. The third-order valence-electron chi connectivity index (χ3n) is 4.65. The van der Waals surface area contributed by atoms with Gasteiger partial charge in [0.25, 0.3) is 5.91 Å². The van der Waals surface area contributed by atoms with E-state index in [1.54, 1.807) is 11.8 Å². The number of furan rings is 1. The molecule has 3 rings (SSSR count). The summed E-state index contributed by atoms with van der Waals surface area (Å²) in [5.41, 5.74) is 0. The maximum atomic E-state index is 12.7. The number of likely N-dealkylation sites (tertiary alicyclic amines) is 1. The van der Waals surface area contributed by atoms with E-state index in [0.717, 1.165) is 23.6 Å². The van der Waals surface area contributed by atoms with E-state index in [2.05, 4.69) is 5.32 Å². The minimum atomic E-state index is -3.61. The van der Waals surface area contributed by atoms with Crippen molar-refractivity contribution in [3.05, 3.63) is 17.6 Å². The Morgan fingerprint density at radius 3 is 2.70 bits per heavy atom. The van der Waals surface area contributed by atoms with E-state index in [-0.39, 0.29) is 22.3 Å². The average Bonchev–Trinajstić information content (AvgIpc) is 3.01. The van der Waals surface area contributed by atoms with Crippen LogP contribution in [-0.2, 0) is 10.0 Å². The summed E-state index contributed by atoms with van der Waals surface area (Å²) >= 11 is 0. The number of aryl methyl sites for hydroxylation is 1. The van der Waals surface area contributed by atoms with Crippen molar-refractivity contribution in [2.24, 2.45) is 0 Å². The first-order chi connectivity index (χ1) is 10.8. The number of hydrogen-bond donors (Lipinski definition) is 1. The summed E-state index contributed by atoms with van der Waals surface area (Å²) in [4.78, 5) is 14.5. The summed E-state index contributed by atoms with van der Waals surface area (Å²) in [6, 6.07) is 2.16. The summed E-state index contributed by atoms with van der Waals surface area (Å²) in [5.74, 6) is 0.111. The maximum Gasteiger partial charge on any atom is 0.289 e. The Morgan fingerprint density at radius 1 is 1.30 bits per heavy atom. The second-order valence-electron chi connectivity index (χ2n) is 6.50. The number of fused-ring (bicyclic) bond motifs is 2. The lowest BCUT2D eigenvalue weighted by molar-refractivity contribution is 0.0714. The van der Waals surface area contributed by atoms with E-state index in [1.165, 1.54) is 20.2 Å². The zero-order chi connectivity index (χ0) is 16.8. The van der Waals surface area contributed by atoms with Gasteiger partial charge in [-0.05, 0) is 26.2 Å². The molecule has 3 heterocycles. The van der Waals surface area contributed by atoms with Crippen LogP contribution in [0.1, 0.15) is 35.6 Å². The highest BCUT2D eigenvalue weighted by molar-refractivity contribution is 7.89. The summed E-state index contributed by atoms with van der Waals surface area (Å²) in [6.45, 7) is 2.88. The van der Waals surface area contributed by atoms with Gasteiger partial charge in [0.2, 0.25) is 10.0 Å². The molecule has 2 aliphatic rings. The Hall–Kier alpha value is -1.38. The molecule has 0 aliphatic carbocycles. The standard InChI is InChI=1S/C15H23N3O4S/c1-10-14(23(20,21)17(2)3)8-13(22-10)15(19)18-7-6-11-4-5-12(9-18)16-11/h8,11-12,16H,4-7,9H2,1-3H3. The van der Waals surface area contributed by atoms with Gasteiger partial charge in [-0.1, -0.05) is 0 Å². The van der Waals surface area contributed by atoms with Crippen LogP contribution in [0.2, 0.25) is 0 Å². The lowest BCUT2D eigenvalue weighted by Gasteiger charge is -2.23. The topological polar surface area (TPSA) is 82.9 Å². The second kappa shape index (κ2) is 5.92. The van der Waals surface area contributed by atoms with Crippen LogP contribution < -0.4 is 5.32 Å². The van der Waals surface area contributed by atoms with Crippen LogP contribution in [0.3, 0.4) is 0 Å². The fourth-order valence-electron chi connectivity index (χ4n) is 3.31. The molecule has 2 saturated heterocycles. The Kier molecular flexibility index (Phi) is 4.24. The molecule has 1 amide bonds. The number of rotatable bonds is 3. The molecule has 0 aromatic carbocycles. The molecule has 2 atom stereocenters. The molecule has 0 spiro atoms. The Morgan fingerprint density at radius 2 is 2.00 bits per heavy atom. The highest BCUT2D eigenvalue weighted by Gasteiger charge is 2.33. The first kappa shape index (κ1) is 16.5. The Labute approximate surface area is 136 Å². The largest absolute Gasteiger partial charge is 0.455 e. The normalized spacial score (nSPS) is 25.0. The highest BCUT2D eigenvalue weighted by atomic mass is 32.2. The van der Waals surface area contributed by atoms with Gasteiger partial charge in [-0.15, -0.1) is 0 Å². The molecule has 1 N–H and O–H groups in total. The number of nitrogens with one attached hydrogen (secondary N) is 1. The molecule has 23 heavy (non-hydrogen) atoms. The van der Waals surface area contributed by atoms with Crippen molar-refractivity contribution in [2.75, 3.05) is 27.2 Å². The third kappa shape index (κ3) is 3.02. The van der Waals surface area contributed by atoms with Crippen molar-refractivity contribution in [3.63, 3.8) is 0 Å². The number of carbonyl (C=O) groups is 1. The van der Waals surface area contributed by atoms with Crippen LogP contribution in [0.25, 0.3) is 0 Å². The van der Waals surface area contributed by atoms with Gasteiger partial charge < -0.3 is 14.6 Å². The van der Waals surface area contributed by atoms with E-state index < -0.39 is 10.0 Å². The van der Waals surface area contributed by atoms with Crippen molar-refractivity contribution in [1.29, 1.82) is 0 Å². The van der Waals surface area contributed by atoms with Gasteiger partial charge in [0.05, 0.1) is 0 Å². The SMILES string of the molecule is Cc1oc(C(=O)N2CCC3CCC(C2)N3)cc1S(=O)(=O)N(C)C. The quantitative estimate of drug-likeness (QED) is 0.879.